The minimum absolute atomic E-state index is 0.172. The predicted molar refractivity (Wildman–Crippen MR) is 106 cm³/mol. The van der Waals surface area contributed by atoms with Crippen molar-refractivity contribution < 1.29 is 4.79 Å². The van der Waals surface area contributed by atoms with Gasteiger partial charge < -0.3 is 0 Å². The van der Waals surface area contributed by atoms with Crippen LogP contribution in [-0.2, 0) is 11.3 Å². The maximum atomic E-state index is 12.5. The van der Waals surface area contributed by atoms with Gasteiger partial charge in [-0.25, -0.2) is 10.4 Å². The maximum absolute atomic E-state index is 12.5. The number of aromatic nitrogens is 2. The Hall–Kier alpha value is -2.22. The zero-order valence-electron chi connectivity index (χ0n) is 13.9. The molecule has 0 saturated heterocycles. The Morgan fingerprint density at radius 1 is 1.35 bits per heavy atom. The van der Waals surface area contributed by atoms with E-state index >= 15 is 0 Å². The van der Waals surface area contributed by atoms with Crippen LogP contribution in [0.2, 0.25) is 10.0 Å². The lowest BCUT2D eigenvalue weighted by Crippen LogP contribution is -2.30. The first-order valence-corrected chi connectivity index (χ1v) is 9.16. The highest BCUT2D eigenvalue weighted by atomic mass is 35.5. The largest absolute Gasteiger partial charge is 0.289 e. The topological polar surface area (TPSA) is 76.3 Å². The van der Waals surface area contributed by atoms with E-state index in [2.05, 4.69) is 15.5 Å². The molecule has 3 aromatic rings. The van der Waals surface area contributed by atoms with E-state index in [1.807, 2.05) is 13.8 Å². The van der Waals surface area contributed by atoms with Gasteiger partial charge in [0.05, 0.1) is 28.0 Å². The molecule has 0 aliphatic rings. The smallest absolute Gasteiger partial charge is 0.262 e. The summed E-state index contributed by atoms with van der Waals surface area (Å²) in [6.45, 7) is 3.65. The molecule has 0 radical (unpaired) electrons. The van der Waals surface area contributed by atoms with E-state index in [1.54, 1.807) is 18.2 Å². The molecule has 2 heterocycles. The molecule has 1 amide bonds. The molecular weight excluding hydrogens is 395 g/mol. The van der Waals surface area contributed by atoms with Crippen LogP contribution in [0.4, 0.5) is 0 Å². The number of benzene rings is 1. The third kappa shape index (κ3) is 3.80. The van der Waals surface area contributed by atoms with E-state index in [1.165, 1.54) is 28.4 Å². The van der Waals surface area contributed by atoms with Crippen molar-refractivity contribution in [3.63, 3.8) is 0 Å². The number of halogens is 2. The highest BCUT2D eigenvalue weighted by Gasteiger charge is 2.13. The van der Waals surface area contributed by atoms with E-state index in [-0.39, 0.29) is 12.1 Å². The van der Waals surface area contributed by atoms with E-state index in [9.17, 15) is 9.59 Å². The van der Waals surface area contributed by atoms with Crippen LogP contribution in [0.5, 0.6) is 0 Å². The van der Waals surface area contributed by atoms with Crippen LogP contribution >= 0.6 is 34.5 Å². The summed E-state index contributed by atoms with van der Waals surface area (Å²) in [6.07, 6.45) is 2.82. The van der Waals surface area contributed by atoms with Gasteiger partial charge in [-0.05, 0) is 37.1 Å². The van der Waals surface area contributed by atoms with Gasteiger partial charge in [-0.15, -0.1) is 11.3 Å². The molecule has 0 unspecified atom stereocenters. The average Bonchev–Trinajstić information content (AvgIpc) is 2.89. The zero-order chi connectivity index (χ0) is 18.8. The summed E-state index contributed by atoms with van der Waals surface area (Å²) >= 11 is 13.2. The molecule has 2 aromatic heterocycles. The Morgan fingerprint density at radius 2 is 2.12 bits per heavy atom. The second-order valence-corrected chi connectivity index (χ2v) is 7.63. The molecular formula is C17H14Cl2N4O2S. The van der Waals surface area contributed by atoms with Crippen molar-refractivity contribution in [2.24, 2.45) is 5.10 Å². The Kier molecular flexibility index (Phi) is 5.41. The fourth-order valence-corrected chi connectivity index (χ4v) is 3.64. The Balaban J connectivity index is 1.72. The molecule has 0 aliphatic carbocycles. The molecule has 3 rings (SSSR count). The number of hydrazone groups is 1. The number of aryl methyl sites for hydroxylation is 2. The maximum Gasteiger partial charge on any atom is 0.262 e. The lowest BCUT2D eigenvalue weighted by atomic mass is 10.2. The second kappa shape index (κ2) is 7.57. The molecule has 0 fully saturated rings. The minimum Gasteiger partial charge on any atom is -0.289 e. The lowest BCUT2D eigenvalue weighted by molar-refractivity contribution is -0.121. The first-order chi connectivity index (χ1) is 12.4. The molecule has 134 valence electrons. The number of hydrogen-bond acceptors (Lipinski definition) is 5. The van der Waals surface area contributed by atoms with E-state index in [4.69, 9.17) is 23.2 Å². The quantitative estimate of drug-likeness (QED) is 0.529. The van der Waals surface area contributed by atoms with Crippen molar-refractivity contribution in [3.05, 3.63) is 60.9 Å². The number of amides is 1. The molecule has 26 heavy (non-hydrogen) atoms. The molecule has 0 bridgehead atoms. The lowest BCUT2D eigenvalue weighted by Gasteiger charge is -2.04. The number of carbonyl (C=O) groups is 1. The van der Waals surface area contributed by atoms with E-state index in [0.29, 0.717) is 25.8 Å². The highest BCUT2D eigenvalue weighted by Crippen LogP contribution is 2.25. The number of hydrogen-bond donors (Lipinski definition) is 1. The Labute approximate surface area is 163 Å². The number of thiophene rings is 1. The number of nitrogens with zero attached hydrogens (tertiary/aromatic N) is 3. The zero-order valence-corrected chi connectivity index (χ0v) is 16.2. The number of carbonyl (C=O) groups excluding carboxylic acids is 1. The van der Waals surface area contributed by atoms with Gasteiger partial charge in [0.25, 0.3) is 11.5 Å². The van der Waals surface area contributed by atoms with Gasteiger partial charge in [-0.2, -0.15) is 5.10 Å². The summed E-state index contributed by atoms with van der Waals surface area (Å²) in [5.41, 5.74) is 3.73. The van der Waals surface area contributed by atoms with Gasteiger partial charge in [0.1, 0.15) is 11.4 Å². The van der Waals surface area contributed by atoms with Crippen LogP contribution in [-0.4, -0.2) is 21.7 Å². The van der Waals surface area contributed by atoms with Crippen LogP contribution in [0.25, 0.3) is 10.2 Å². The molecule has 1 N–H and O–H groups in total. The molecule has 6 nitrogen and oxygen atoms in total. The monoisotopic (exact) mass is 408 g/mol. The highest BCUT2D eigenvalue weighted by molar-refractivity contribution is 7.18. The van der Waals surface area contributed by atoms with Crippen molar-refractivity contribution in [3.8, 4) is 0 Å². The minimum atomic E-state index is -0.436. The summed E-state index contributed by atoms with van der Waals surface area (Å²) in [5, 5.41) is 5.26. The SMILES string of the molecule is Cc1sc2ncn(CC(=O)N/N=C\c3ccc(Cl)c(Cl)c3)c(=O)c2c1C. The summed E-state index contributed by atoms with van der Waals surface area (Å²) in [4.78, 5) is 30.6. The third-order valence-electron chi connectivity index (χ3n) is 3.82. The van der Waals surface area contributed by atoms with Crippen LogP contribution in [0, 0.1) is 13.8 Å². The first kappa shape index (κ1) is 18.6. The predicted octanol–water partition coefficient (Wildman–Crippen LogP) is 3.53. The number of nitrogens with one attached hydrogen (secondary N) is 1. The van der Waals surface area contributed by atoms with Crippen molar-refractivity contribution >= 4 is 56.9 Å². The van der Waals surface area contributed by atoms with Gasteiger partial charge in [-0.3, -0.25) is 14.2 Å². The normalized spacial score (nSPS) is 11.4. The van der Waals surface area contributed by atoms with Gasteiger partial charge >= 0.3 is 0 Å². The molecule has 1 aromatic carbocycles. The summed E-state index contributed by atoms with van der Waals surface area (Å²) in [6, 6.07) is 4.98. The van der Waals surface area contributed by atoms with Gasteiger partial charge in [0, 0.05) is 4.88 Å². The molecule has 9 heteroatoms. The van der Waals surface area contributed by atoms with E-state index in [0.717, 1.165) is 10.4 Å². The molecule has 0 aliphatic heterocycles. The number of fused-ring (bicyclic) bond motifs is 1. The van der Waals surface area contributed by atoms with Gasteiger partial charge in [0.2, 0.25) is 0 Å². The fraction of sp³-hybridized carbons (Fsp3) is 0.176. The Morgan fingerprint density at radius 3 is 2.85 bits per heavy atom. The second-order valence-electron chi connectivity index (χ2n) is 5.61. The fourth-order valence-electron chi connectivity index (χ4n) is 2.34. The first-order valence-electron chi connectivity index (χ1n) is 7.59. The number of rotatable bonds is 4. The molecule has 0 spiro atoms. The van der Waals surface area contributed by atoms with Gasteiger partial charge in [0.15, 0.2) is 0 Å². The Bertz CT molecular complexity index is 1090. The van der Waals surface area contributed by atoms with Crippen molar-refractivity contribution in [2.45, 2.75) is 20.4 Å². The van der Waals surface area contributed by atoms with Crippen LogP contribution in [0.15, 0.2) is 34.4 Å². The molecule has 0 atom stereocenters. The summed E-state index contributed by atoms with van der Waals surface area (Å²) in [7, 11) is 0. The van der Waals surface area contributed by atoms with Crippen molar-refractivity contribution in [1.82, 2.24) is 15.0 Å². The van der Waals surface area contributed by atoms with Crippen molar-refractivity contribution in [1.29, 1.82) is 0 Å². The molecule has 0 saturated carbocycles. The standard InChI is InChI=1S/C17H14Cl2N4O2S/c1-9-10(2)26-16-15(9)17(25)23(8-20-16)7-14(24)22-21-6-11-3-4-12(18)13(19)5-11/h3-6,8H,7H2,1-2H3,(H,22,24)/b21-6-. The van der Waals surface area contributed by atoms with Crippen molar-refractivity contribution in [2.75, 3.05) is 0 Å². The van der Waals surface area contributed by atoms with Crippen LogP contribution in [0.3, 0.4) is 0 Å². The van der Waals surface area contributed by atoms with Gasteiger partial charge in [-0.1, -0.05) is 29.3 Å². The average molecular weight is 409 g/mol. The van der Waals surface area contributed by atoms with Crippen LogP contribution < -0.4 is 11.0 Å². The van der Waals surface area contributed by atoms with E-state index < -0.39 is 5.91 Å². The van der Waals surface area contributed by atoms with Crippen LogP contribution in [0.1, 0.15) is 16.0 Å². The summed E-state index contributed by atoms with van der Waals surface area (Å²) < 4.78 is 1.27. The third-order valence-corrected chi connectivity index (χ3v) is 5.67. The summed E-state index contributed by atoms with van der Waals surface area (Å²) in [5.74, 6) is -0.436.